The summed E-state index contributed by atoms with van der Waals surface area (Å²) in [6.45, 7) is 0. The van der Waals surface area contributed by atoms with Gasteiger partial charge >= 0.3 is 0 Å². The standard InChI is InChI=1S/C18H14FIN2O3S/c19-11-2-1-3-13(8-11)21-16(23)10-26-15-9-17(24)22(18(15)25)14-6-4-12(20)5-7-14/h1-8,15H,9-10H2,(H,21,23)/t15-/m0/s1. The number of hydrogen-bond donors (Lipinski definition) is 1. The number of benzene rings is 2. The van der Waals surface area contributed by atoms with E-state index in [1.807, 2.05) is 12.1 Å². The van der Waals surface area contributed by atoms with Crippen LogP contribution in [-0.2, 0) is 14.4 Å². The van der Waals surface area contributed by atoms with Gasteiger partial charge in [0.05, 0.1) is 16.7 Å². The van der Waals surface area contributed by atoms with E-state index in [2.05, 4.69) is 27.9 Å². The number of carbonyl (C=O) groups excluding carboxylic acids is 3. The van der Waals surface area contributed by atoms with Gasteiger partial charge in [-0.2, -0.15) is 0 Å². The lowest BCUT2D eigenvalue weighted by Gasteiger charge is -2.15. The molecule has 1 N–H and O–H groups in total. The zero-order valence-corrected chi connectivity index (χ0v) is 16.4. The molecule has 0 saturated carbocycles. The second-order valence-corrected chi connectivity index (χ2v) is 8.04. The molecule has 134 valence electrons. The molecule has 1 atom stereocenters. The number of hydrogen-bond acceptors (Lipinski definition) is 4. The van der Waals surface area contributed by atoms with Crippen molar-refractivity contribution >= 4 is 63.4 Å². The summed E-state index contributed by atoms with van der Waals surface area (Å²) < 4.78 is 14.1. The van der Waals surface area contributed by atoms with Crippen molar-refractivity contribution in [2.75, 3.05) is 16.0 Å². The predicted octanol–water partition coefficient (Wildman–Crippen LogP) is 3.43. The van der Waals surface area contributed by atoms with Crippen LogP contribution in [0.3, 0.4) is 0 Å². The van der Waals surface area contributed by atoms with Crippen LogP contribution in [0, 0.1) is 9.39 Å². The molecule has 2 aromatic carbocycles. The van der Waals surface area contributed by atoms with E-state index < -0.39 is 11.1 Å². The van der Waals surface area contributed by atoms with E-state index in [0.29, 0.717) is 11.4 Å². The second kappa shape index (κ2) is 8.17. The molecular weight excluding hydrogens is 470 g/mol. The molecule has 1 aliphatic rings. The third kappa shape index (κ3) is 4.42. The minimum absolute atomic E-state index is 0.000722. The Morgan fingerprint density at radius 2 is 1.96 bits per heavy atom. The summed E-state index contributed by atoms with van der Waals surface area (Å²) in [7, 11) is 0. The number of imide groups is 1. The third-order valence-corrected chi connectivity index (χ3v) is 5.63. The van der Waals surface area contributed by atoms with Gasteiger partial charge < -0.3 is 5.32 Å². The van der Waals surface area contributed by atoms with E-state index >= 15 is 0 Å². The fourth-order valence-electron chi connectivity index (χ4n) is 2.54. The maximum Gasteiger partial charge on any atom is 0.247 e. The molecule has 0 aliphatic carbocycles. The number of nitrogens with zero attached hydrogens (tertiary/aromatic N) is 1. The molecule has 2 aromatic rings. The zero-order valence-electron chi connectivity index (χ0n) is 13.4. The third-order valence-electron chi connectivity index (χ3n) is 3.71. The lowest BCUT2D eigenvalue weighted by atomic mass is 10.3. The molecule has 0 bridgehead atoms. The van der Waals surface area contributed by atoms with E-state index in [4.69, 9.17) is 0 Å². The molecule has 0 aromatic heterocycles. The van der Waals surface area contributed by atoms with Gasteiger partial charge in [-0.1, -0.05) is 6.07 Å². The average molecular weight is 484 g/mol. The van der Waals surface area contributed by atoms with Gasteiger partial charge in [0.1, 0.15) is 5.82 Å². The summed E-state index contributed by atoms with van der Waals surface area (Å²) in [5, 5.41) is 1.97. The topological polar surface area (TPSA) is 66.5 Å². The molecule has 1 aliphatic heterocycles. The first-order chi connectivity index (χ1) is 12.4. The van der Waals surface area contributed by atoms with Crippen LogP contribution in [0.5, 0.6) is 0 Å². The van der Waals surface area contributed by atoms with Gasteiger partial charge in [-0.05, 0) is 65.1 Å². The Morgan fingerprint density at radius 3 is 2.65 bits per heavy atom. The number of anilines is 2. The summed E-state index contributed by atoms with van der Waals surface area (Å²) in [6.07, 6.45) is 0.0583. The molecule has 1 saturated heterocycles. The maximum atomic E-state index is 13.1. The van der Waals surface area contributed by atoms with Gasteiger partial charge in [0.2, 0.25) is 17.7 Å². The fraction of sp³-hybridized carbons (Fsp3) is 0.167. The van der Waals surface area contributed by atoms with Gasteiger partial charge in [-0.15, -0.1) is 11.8 Å². The van der Waals surface area contributed by atoms with Gasteiger partial charge in [0.15, 0.2) is 0 Å². The molecule has 1 fully saturated rings. The fourth-order valence-corrected chi connectivity index (χ4v) is 3.83. The summed E-state index contributed by atoms with van der Waals surface area (Å²) in [6, 6.07) is 12.7. The van der Waals surface area contributed by atoms with Crippen molar-refractivity contribution in [2.45, 2.75) is 11.7 Å². The van der Waals surface area contributed by atoms with Crippen molar-refractivity contribution in [3.63, 3.8) is 0 Å². The number of thioether (sulfide) groups is 1. The smallest absolute Gasteiger partial charge is 0.247 e. The molecule has 5 nitrogen and oxygen atoms in total. The first-order valence-electron chi connectivity index (χ1n) is 7.73. The Hall–Kier alpha value is -1.94. The molecule has 8 heteroatoms. The highest BCUT2D eigenvalue weighted by molar-refractivity contribution is 14.1. The zero-order chi connectivity index (χ0) is 18.7. The normalized spacial score (nSPS) is 16.8. The average Bonchev–Trinajstić information content (AvgIpc) is 2.88. The maximum absolute atomic E-state index is 13.1. The van der Waals surface area contributed by atoms with Gasteiger partial charge in [-0.25, -0.2) is 9.29 Å². The van der Waals surface area contributed by atoms with Crippen LogP contribution < -0.4 is 10.2 Å². The number of carbonyl (C=O) groups is 3. The van der Waals surface area contributed by atoms with Crippen LogP contribution in [0.25, 0.3) is 0 Å². The molecular formula is C18H14FIN2O3S. The highest BCUT2D eigenvalue weighted by atomic mass is 127. The quantitative estimate of drug-likeness (QED) is 0.522. The highest BCUT2D eigenvalue weighted by Crippen LogP contribution is 2.30. The molecule has 0 radical (unpaired) electrons. The summed E-state index contributed by atoms with van der Waals surface area (Å²) in [4.78, 5) is 37.9. The molecule has 0 spiro atoms. The Balaban J connectivity index is 1.59. The molecule has 0 unspecified atom stereocenters. The molecule has 3 rings (SSSR count). The van der Waals surface area contributed by atoms with Gasteiger partial charge in [-0.3, -0.25) is 14.4 Å². The summed E-state index contributed by atoms with van der Waals surface area (Å²) in [5.74, 6) is -1.39. The van der Waals surface area contributed by atoms with E-state index in [0.717, 1.165) is 20.2 Å². The predicted molar refractivity (Wildman–Crippen MR) is 108 cm³/mol. The van der Waals surface area contributed by atoms with Crippen LogP contribution >= 0.6 is 34.4 Å². The number of halogens is 2. The Kier molecular flexibility index (Phi) is 5.92. The lowest BCUT2D eigenvalue weighted by molar-refractivity contribution is -0.121. The first kappa shape index (κ1) is 18.8. The van der Waals surface area contributed by atoms with Crippen molar-refractivity contribution < 1.29 is 18.8 Å². The van der Waals surface area contributed by atoms with E-state index in [9.17, 15) is 18.8 Å². The van der Waals surface area contributed by atoms with Crippen molar-refractivity contribution in [1.29, 1.82) is 0 Å². The molecule has 26 heavy (non-hydrogen) atoms. The SMILES string of the molecule is O=C(CS[C@H]1CC(=O)N(c2ccc(I)cc2)C1=O)Nc1cccc(F)c1. The lowest BCUT2D eigenvalue weighted by Crippen LogP contribution is -2.31. The van der Waals surface area contributed by atoms with Gasteiger partial charge in [0.25, 0.3) is 0 Å². The van der Waals surface area contributed by atoms with Crippen molar-refractivity contribution in [1.82, 2.24) is 0 Å². The minimum Gasteiger partial charge on any atom is -0.325 e. The van der Waals surface area contributed by atoms with E-state index in [1.54, 1.807) is 18.2 Å². The Labute approximate surface area is 167 Å². The first-order valence-corrected chi connectivity index (χ1v) is 9.86. The number of nitrogens with one attached hydrogen (secondary N) is 1. The van der Waals surface area contributed by atoms with Gasteiger partial charge in [0, 0.05) is 15.7 Å². The Bertz CT molecular complexity index is 860. The second-order valence-electron chi connectivity index (χ2n) is 5.61. The summed E-state index contributed by atoms with van der Waals surface area (Å²) >= 11 is 3.26. The number of amides is 3. The van der Waals surface area contributed by atoms with Crippen LogP contribution in [0.15, 0.2) is 48.5 Å². The van der Waals surface area contributed by atoms with Crippen LogP contribution in [-0.4, -0.2) is 28.7 Å². The summed E-state index contributed by atoms with van der Waals surface area (Å²) in [5.41, 5.74) is 0.887. The molecule has 1 heterocycles. The Morgan fingerprint density at radius 1 is 1.23 bits per heavy atom. The highest BCUT2D eigenvalue weighted by Gasteiger charge is 2.40. The minimum atomic E-state index is -0.597. The van der Waals surface area contributed by atoms with Crippen molar-refractivity contribution in [2.24, 2.45) is 0 Å². The number of rotatable bonds is 5. The van der Waals surface area contributed by atoms with Crippen molar-refractivity contribution in [3.05, 3.63) is 57.9 Å². The van der Waals surface area contributed by atoms with E-state index in [1.165, 1.54) is 18.2 Å². The van der Waals surface area contributed by atoms with Crippen LogP contribution in [0.2, 0.25) is 0 Å². The largest absolute Gasteiger partial charge is 0.325 e. The van der Waals surface area contributed by atoms with Crippen LogP contribution in [0.1, 0.15) is 6.42 Å². The van der Waals surface area contributed by atoms with Crippen LogP contribution in [0.4, 0.5) is 15.8 Å². The monoisotopic (exact) mass is 484 g/mol. The molecule has 3 amide bonds. The van der Waals surface area contributed by atoms with E-state index in [-0.39, 0.29) is 29.9 Å². The van der Waals surface area contributed by atoms with Crippen molar-refractivity contribution in [3.8, 4) is 0 Å².